The largest absolute Gasteiger partial charge is 0.310 e. The fraction of sp³-hybridized carbons (Fsp3) is 0. The molecule has 0 atom stereocenters. The van der Waals surface area contributed by atoms with Gasteiger partial charge in [0, 0.05) is 33.4 Å². The second-order valence-electron chi connectivity index (χ2n) is 13.5. The Labute approximate surface area is 341 Å². The first kappa shape index (κ1) is 24.1. The van der Waals surface area contributed by atoms with Gasteiger partial charge in [-0.2, -0.15) is 0 Å². The minimum Gasteiger partial charge on any atom is -0.310 e. The molecule has 0 unspecified atom stereocenters. The fourth-order valence-electron chi connectivity index (χ4n) is 7.58. The third-order valence-corrected chi connectivity index (χ3v) is 10.1. The van der Waals surface area contributed by atoms with Gasteiger partial charge in [0.1, 0.15) is 0 Å². The molecule has 0 N–H and O–H groups in total. The molecule has 2 heteroatoms. The number of nitrogens with zero attached hydrogens (tertiary/aromatic N) is 2. The molecule has 264 valence electrons. The van der Waals surface area contributed by atoms with Crippen LogP contribution < -0.4 is 4.90 Å². The Morgan fingerprint density at radius 3 is 1.52 bits per heavy atom. The second-order valence-corrected chi connectivity index (χ2v) is 13.5. The molecule has 0 amide bonds. The molecule has 1 aromatic heterocycles. The van der Waals surface area contributed by atoms with Gasteiger partial charge in [0.2, 0.25) is 0 Å². The number of rotatable bonds is 8. The molecule has 0 saturated carbocycles. The summed E-state index contributed by atoms with van der Waals surface area (Å²) >= 11 is 0. The molecule has 0 fully saturated rings. The van der Waals surface area contributed by atoms with Crippen LogP contribution in [0, 0.1) is 0 Å². The summed E-state index contributed by atoms with van der Waals surface area (Å²) in [4.78, 5) is 2.26. The molecule has 56 heavy (non-hydrogen) atoms. The predicted octanol–water partition coefficient (Wildman–Crippen LogP) is 14.9. The van der Waals surface area contributed by atoms with Crippen LogP contribution in [0.15, 0.2) is 230 Å². The highest BCUT2D eigenvalue weighted by molar-refractivity contribution is 6.10. The van der Waals surface area contributed by atoms with Gasteiger partial charge in [0.05, 0.1) is 30.4 Å². The van der Waals surface area contributed by atoms with E-state index in [9.17, 15) is 0 Å². The molecule has 1 heterocycles. The van der Waals surface area contributed by atoms with Crippen molar-refractivity contribution < 1.29 is 13.7 Å². The summed E-state index contributed by atoms with van der Waals surface area (Å²) in [6.45, 7) is 0. The third-order valence-electron chi connectivity index (χ3n) is 10.1. The highest BCUT2D eigenvalue weighted by atomic mass is 15.1. The fourth-order valence-corrected chi connectivity index (χ4v) is 7.58. The summed E-state index contributed by atoms with van der Waals surface area (Å²) in [5.74, 6) is 0. The number of hydrogen-bond donors (Lipinski definition) is 0. The van der Waals surface area contributed by atoms with Gasteiger partial charge in [0.25, 0.3) is 0 Å². The van der Waals surface area contributed by atoms with E-state index in [-0.39, 0.29) is 22.3 Å². The molecule has 0 saturated heterocycles. The molecule has 9 aromatic carbocycles. The summed E-state index contributed by atoms with van der Waals surface area (Å²) in [5.41, 5.74) is 9.49. The molecule has 0 aliphatic rings. The Hall–Kier alpha value is -7.42. The van der Waals surface area contributed by atoms with E-state index in [1.165, 1.54) is 6.07 Å². The van der Waals surface area contributed by atoms with Crippen molar-refractivity contribution in [3.8, 4) is 50.2 Å². The lowest BCUT2D eigenvalue weighted by Crippen LogP contribution is -2.10. The maximum Gasteiger partial charge on any atom is 0.0629 e. The number of para-hydroxylation sites is 4. The molecule has 0 aliphatic carbocycles. The van der Waals surface area contributed by atoms with Crippen molar-refractivity contribution in [2.24, 2.45) is 0 Å². The van der Waals surface area contributed by atoms with Crippen molar-refractivity contribution in [2.75, 3.05) is 4.90 Å². The van der Waals surface area contributed by atoms with E-state index in [1.807, 2.05) is 77.4 Å². The monoisotopic (exact) mass is 724 g/mol. The molecule has 0 bridgehead atoms. The van der Waals surface area contributed by atoms with Crippen LogP contribution in [-0.2, 0) is 0 Å². The average Bonchev–Trinajstić information content (AvgIpc) is 3.69. The molecular formula is C54H38N2. The molecule has 10 aromatic rings. The minimum atomic E-state index is -0.538. The van der Waals surface area contributed by atoms with Gasteiger partial charge in [-0.25, -0.2) is 0 Å². The van der Waals surface area contributed by atoms with Gasteiger partial charge in [-0.15, -0.1) is 0 Å². The van der Waals surface area contributed by atoms with Crippen LogP contribution in [0.3, 0.4) is 0 Å². The Morgan fingerprint density at radius 1 is 0.357 bits per heavy atom. The van der Waals surface area contributed by atoms with E-state index in [0.29, 0.717) is 5.69 Å². The molecule has 0 radical (unpaired) electrons. The number of anilines is 3. The zero-order valence-electron chi connectivity index (χ0n) is 40.1. The number of benzene rings is 9. The smallest absolute Gasteiger partial charge is 0.0629 e. The lowest BCUT2D eigenvalue weighted by atomic mass is 9.97. The predicted molar refractivity (Wildman–Crippen MR) is 237 cm³/mol. The van der Waals surface area contributed by atoms with Gasteiger partial charge in [0.15, 0.2) is 0 Å². The van der Waals surface area contributed by atoms with Crippen LogP contribution in [0.1, 0.15) is 13.7 Å². The van der Waals surface area contributed by atoms with Gasteiger partial charge in [-0.05, 0) is 99.6 Å². The van der Waals surface area contributed by atoms with Crippen molar-refractivity contribution in [2.45, 2.75) is 0 Å². The highest BCUT2D eigenvalue weighted by Crippen LogP contribution is 2.42. The van der Waals surface area contributed by atoms with Crippen molar-refractivity contribution in [3.05, 3.63) is 230 Å². The van der Waals surface area contributed by atoms with E-state index >= 15 is 0 Å². The standard InChI is InChI=1S/C54H38N2/c1-5-17-39(18-6-1)44-35-45(40-19-7-2-8-20-40)37-48(36-44)56-53-28-16-14-26-50(53)51-34-33-43(38-54(51)56)41-29-31-42(32-30-41)49-25-13-15-27-52(49)55(46-21-9-3-10-22-46)47-23-11-4-12-24-47/h1-38H/i1D,2D,5D,6D,7D,8D,17D,18D,19D,20D. The Balaban J connectivity index is 1.15. The zero-order chi connectivity index (χ0) is 46.0. The van der Waals surface area contributed by atoms with Crippen molar-refractivity contribution in [3.63, 3.8) is 0 Å². The Kier molecular flexibility index (Phi) is 6.21. The maximum atomic E-state index is 8.90. The van der Waals surface area contributed by atoms with E-state index in [2.05, 4.69) is 83.8 Å². The van der Waals surface area contributed by atoms with Gasteiger partial charge >= 0.3 is 0 Å². The van der Waals surface area contributed by atoms with Crippen LogP contribution in [-0.4, -0.2) is 4.57 Å². The first-order chi connectivity index (χ1) is 31.9. The van der Waals surface area contributed by atoms with E-state index in [1.54, 1.807) is 12.1 Å². The SMILES string of the molecule is [2H]c1c([2H])c([2H])c(-c2cc(-c3c([2H])c([2H])c([2H])c([2H])c3[2H])cc(-n3c4ccccc4c4ccc(-c5ccc(-c6ccccc6N(c6ccccc6)c6ccccc6)cc5)cc43)c2)c([2H])c1[2H]. The highest BCUT2D eigenvalue weighted by Gasteiger charge is 2.18. The third kappa shape index (κ3) is 6.14. The van der Waals surface area contributed by atoms with Crippen LogP contribution in [0.25, 0.3) is 72.0 Å². The molecule has 0 aliphatic heterocycles. The zero-order valence-corrected chi connectivity index (χ0v) is 30.1. The minimum absolute atomic E-state index is 0.0738. The Bertz CT molecular complexity index is 3350. The summed E-state index contributed by atoms with van der Waals surface area (Å²) in [6.07, 6.45) is 0. The number of hydrogen-bond acceptors (Lipinski definition) is 1. The molecular weight excluding hydrogens is 677 g/mol. The van der Waals surface area contributed by atoms with E-state index in [4.69, 9.17) is 13.7 Å². The normalized spacial score (nSPS) is 13.7. The van der Waals surface area contributed by atoms with Gasteiger partial charge in [-0.1, -0.05) is 170 Å². The average molecular weight is 725 g/mol. The van der Waals surface area contributed by atoms with E-state index < -0.39 is 60.4 Å². The van der Waals surface area contributed by atoms with Crippen LogP contribution >= 0.6 is 0 Å². The topological polar surface area (TPSA) is 8.17 Å². The Morgan fingerprint density at radius 2 is 0.875 bits per heavy atom. The van der Waals surface area contributed by atoms with Crippen molar-refractivity contribution >= 4 is 38.9 Å². The summed E-state index contributed by atoms with van der Waals surface area (Å²) in [6, 6.07) is 51.7. The number of fused-ring (bicyclic) bond motifs is 3. The van der Waals surface area contributed by atoms with Gasteiger partial charge in [-0.3, -0.25) is 0 Å². The van der Waals surface area contributed by atoms with Crippen molar-refractivity contribution in [1.82, 2.24) is 4.57 Å². The molecule has 0 spiro atoms. The van der Waals surface area contributed by atoms with Gasteiger partial charge < -0.3 is 9.47 Å². The molecule has 2 nitrogen and oxygen atoms in total. The summed E-state index contributed by atoms with van der Waals surface area (Å²) < 4.78 is 88.1. The first-order valence-corrected chi connectivity index (χ1v) is 18.4. The van der Waals surface area contributed by atoms with Crippen LogP contribution in [0.4, 0.5) is 17.1 Å². The molecule has 10 rings (SSSR count). The summed E-state index contributed by atoms with van der Waals surface area (Å²) in [5, 5.41) is 1.87. The lowest BCUT2D eigenvalue weighted by Gasteiger charge is -2.27. The van der Waals surface area contributed by atoms with Crippen LogP contribution in [0.5, 0.6) is 0 Å². The van der Waals surface area contributed by atoms with Crippen molar-refractivity contribution in [1.29, 1.82) is 0 Å². The lowest BCUT2D eigenvalue weighted by molar-refractivity contribution is 1.18. The van der Waals surface area contributed by atoms with Crippen LogP contribution in [0.2, 0.25) is 0 Å². The first-order valence-electron chi connectivity index (χ1n) is 23.4. The summed E-state index contributed by atoms with van der Waals surface area (Å²) in [7, 11) is 0. The number of aromatic nitrogens is 1. The quantitative estimate of drug-likeness (QED) is 0.151. The van der Waals surface area contributed by atoms with E-state index in [0.717, 1.165) is 61.1 Å². The maximum absolute atomic E-state index is 8.90. The second kappa shape index (κ2) is 14.4.